The van der Waals surface area contributed by atoms with Gasteiger partial charge >= 0.3 is 0 Å². The Bertz CT molecular complexity index is 1200. The van der Waals surface area contributed by atoms with Gasteiger partial charge < -0.3 is 10.1 Å². The molecule has 0 fully saturated rings. The molecule has 3 aromatic rings. The average molecular weight is 419 g/mol. The van der Waals surface area contributed by atoms with Gasteiger partial charge in [-0.1, -0.05) is 42.0 Å². The molecule has 1 amide bonds. The Labute approximate surface area is 178 Å². The van der Waals surface area contributed by atoms with Gasteiger partial charge in [0.25, 0.3) is 5.91 Å². The molecular weight excluding hydrogens is 396 g/mol. The molecule has 6 nitrogen and oxygen atoms in total. The van der Waals surface area contributed by atoms with E-state index in [1.54, 1.807) is 0 Å². The van der Waals surface area contributed by atoms with Crippen molar-refractivity contribution < 1.29 is 9.53 Å². The molecule has 0 aliphatic carbocycles. The van der Waals surface area contributed by atoms with Crippen LogP contribution in [0.4, 0.5) is 5.69 Å². The minimum Gasteiger partial charge on any atom is -0.482 e. The zero-order chi connectivity index (χ0) is 21.1. The average Bonchev–Trinajstić information content (AvgIpc) is 3.14. The largest absolute Gasteiger partial charge is 0.482 e. The van der Waals surface area contributed by atoms with Crippen LogP contribution in [-0.4, -0.2) is 29.9 Å². The van der Waals surface area contributed by atoms with E-state index in [9.17, 15) is 4.79 Å². The fourth-order valence-electron chi connectivity index (χ4n) is 2.94. The lowest BCUT2D eigenvalue weighted by molar-refractivity contribution is -0.118. The van der Waals surface area contributed by atoms with Crippen molar-refractivity contribution in [1.29, 1.82) is 0 Å². The summed E-state index contributed by atoms with van der Waals surface area (Å²) in [4.78, 5) is 17.1. The van der Waals surface area contributed by atoms with Crippen molar-refractivity contribution in [2.24, 2.45) is 10.1 Å². The Morgan fingerprint density at radius 2 is 2.10 bits per heavy atom. The summed E-state index contributed by atoms with van der Waals surface area (Å²) in [7, 11) is 0. The van der Waals surface area contributed by atoms with Gasteiger partial charge in [0.2, 0.25) is 4.80 Å². The Morgan fingerprint density at radius 3 is 2.87 bits per heavy atom. The number of carbonyl (C=O) groups excluding carboxylic acids is 1. The fraction of sp³-hybridized carbons (Fsp3) is 0.174. The summed E-state index contributed by atoms with van der Waals surface area (Å²) in [6, 6.07) is 13.9. The van der Waals surface area contributed by atoms with Crippen molar-refractivity contribution in [3.8, 4) is 17.0 Å². The number of fused-ring (bicyclic) bond motifs is 1. The maximum absolute atomic E-state index is 11.7. The van der Waals surface area contributed by atoms with Gasteiger partial charge in [0.05, 0.1) is 24.1 Å². The second kappa shape index (κ2) is 8.51. The first-order chi connectivity index (χ1) is 14.5. The van der Waals surface area contributed by atoms with Crippen LogP contribution in [-0.2, 0) is 4.79 Å². The van der Waals surface area contributed by atoms with Crippen LogP contribution in [0.3, 0.4) is 0 Å². The Kier molecular flexibility index (Phi) is 5.63. The Balaban J connectivity index is 1.77. The third kappa shape index (κ3) is 4.41. The molecule has 0 unspecified atom stereocenters. The van der Waals surface area contributed by atoms with E-state index in [0.29, 0.717) is 18.0 Å². The predicted molar refractivity (Wildman–Crippen MR) is 121 cm³/mol. The number of aromatic nitrogens is 1. The summed E-state index contributed by atoms with van der Waals surface area (Å²) < 4.78 is 7.29. The van der Waals surface area contributed by atoms with E-state index in [1.165, 1.54) is 16.9 Å². The maximum Gasteiger partial charge on any atom is 0.262 e. The van der Waals surface area contributed by atoms with Crippen molar-refractivity contribution in [2.45, 2.75) is 13.8 Å². The van der Waals surface area contributed by atoms with Crippen LogP contribution in [0.15, 0.2) is 70.1 Å². The molecule has 0 atom stereocenters. The molecule has 0 saturated carbocycles. The second-order valence-corrected chi connectivity index (χ2v) is 8.03. The number of carbonyl (C=O) groups is 1. The van der Waals surface area contributed by atoms with Crippen LogP contribution in [0.5, 0.6) is 5.75 Å². The molecule has 0 bridgehead atoms. The molecule has 1 aliphatic heterocycles. The molecule has 2 aromatic carbocycles. The van der Waals surface area contributed by atoms with Crippen molar-refractivity contribution in [2.75, 3.05) is 18.5 Å². The van der Waals surface area contributed by atoms with E-state index in [0.717, 1.165) is 27.2 Å². The molecule has 2 heterocycles. The van der Waals surface area contributed by atoms with E-state index in [-0.39, 0.29) is 12.5 Å². The van der Waals surface area contributed by atoms with E-state index in [2.05, 4.69) is 35.9 Å². The highest BCUT2D eigenvalue weighted by atomic mass is 32.1. The number of hydrogen-bond donors (Lipinski definition) is 1. The summed E-state index contributed by atoms with van der Waals surface area (Å²) >= 11 is 1.51. The van der Waals surface area contributed by atoms with Crippen LogP contribution in [0, 0.1) is 6.92 Å². The normalized spacial score (nSPS) is 13.8. The Hall–Kier alpha value is -3.45. The summed E-state index contributed by atoms with van der Waals surface area (Å²) in [5.74, 6) is 0.503. The topological polar surface area (TPSA) is 68.0 Å². The van der Waals surface area contributed by atoms with E-state index in [4.69, 9.17) is 9.84 Å². The van der Waals surface area contributed by atoms with Crippen LogP contribution in [0.1, 0.15) is 18.1 Å². The minimum absolute atomic E-state index is 0.0373. The highest BCUT2D eigenvalue weighted by Gasteiger charge is 2.17. The fourth-order valence-corrected chi connectivity index (χ4v) is 3.78. The molecule has 0 saturated heterocycles. The van der Waals surface area contributed by atoms with Crippen LogP contribution in [0.2, 0.25) is 0 Å². The van der Waals surface area contributed by atoms with Crippen LogP contribution < -0.4 is 14.9 Å². The number of hydrogen-bond acceptors (Lipinski definition) is 5. The van der Waals surface area contributed by atoms with E-state index < -0.39 is 0 Å². The standard InChI is InChI=1S/C23H22N4O2S/c1-15(2)11-24-23-27(25-12-17-6-4-16(3)5-7-17)20(14-30-23)18-8-9-21-19(10-18)26-22(28)13-29-21/h4-10,12,14H,1,11,13H2,2-3H3,(H,26,28). The number of anilines is 1. The predicted octanol–water partition coefficient (Wildman–Crippen LogP) is 4.21. The number of ether oxygens (including phenoxy) is 1. The van der Waals surface area contributed by atoms with E-state index >= 15 is 0 Å². The van der Waals surface area contributed by atoms with Crippen LogP contribution in [0.25, 0.3) is 11.3 Å². The minimum atomic E-state index is -0.160. The second-order valence-electron chi connectivity index (χ2n) is 7.19. The van der Waals surface area contributed by atoms with Gasteiger partial charge in [0.15, 0.2) is 6.61 Å². The quantitative estimate of drug-likeness (QED) is 0.498. The highest BCUT2D eigenvalue weighted by molar-refractivity contribution is 7.07. The maximum atomic E-state index is 11.7. The first-order valence-electron chi connectivity index (χ1n) is 9.53. The van der Waals surface area contributed by atoms with Crippen molar-refractivity contribution >= 4 is 29.1 Å². The summed E-state index contributed by atoms with van der Waals surface area (Å²) in [5, 5.41) is 9.57. The van der Waals surface area contributed by atoms with Gasteiger partial charge in [-0.2, -0.15) is 5.10 Å². The van der Waals surface area contributed by atoms with Gasteiger partial charge in [0, 0.05) is 10.9 Å². The smallest absolute Gasteiger partial charge is 0.262 e. The third-order valence-electron chi connectivity index (χ3n) is 4.48. The van der Waals surface area contributed by atoms with Gasteiger partial charge in [-0.25, -0.2) is 4.68 Å². The molecule has 7 heteroatoms. The van der Waals surface area contributed by atoms with Gasteiger partial charge in [-0.15, -0.1) is 11.3 Å². The first kappa shape index (κ1) is 19.8. The molecule has 152 valence electrons. The number of aryl methyl sites for hydroxylation is 1. The molecule has 0 radical (unpaired) electrons. The third-order valence-corrected chi connectivity index (χ3v) is 5.33. The number of benzene rings is 2. The lowest BCUT2D eigenvalue weighted by atomic mass is 10.1. The summed E-state index contributed by atoms with van der Waals surface area (Å²) in [5.41, 5.74) is 5.63. The van der Waals surface area contributed by atoms with E-state index in [1.807, 2.05) is 53.5 Å². The molecule has 1 aliphatic rings. The van der Waals surface area contributed by atoms with Crippen LogP contribution >= 0.6 is 11.3 Å². The van der Waals surface area contributed by atoms with Crippen molar-refractivity contribution in [3.05, 3.63) is 75.9 Å². The molecular formula is C23H22N4O2S. The molecule has 1 aromatic heterocycles. The zero-order valence-electron chi connectivity index (χ0n) is 16.9. The zero-order valence-corrected chi connectivity index (χ0v) is 17.7. The highest BCUT2D eigenvalue weighted by Crippen LogP contribution is 2.32. The van der Waals surface area contributed by atoms with Crippen molar-refractivity contribution in [3.63, 3.8) is 0 Å². The molecule has 0 spiro atoms. The Morgan fingerprint density at radius 1 is 1.30 bits per heavy atom. The number of nitrogens with zero attached hydrogens (tertiary/aromatic N) is 3. The SMILES string of the molecule is C=C(C)CN=c1scc(-c2ccc3c(c2)NC(=O)CO3)n1N=Cc1ccc(C)cc1. The number of amides is 1. The van der Waals surface area contributed by atoms with Gasteiger partial charge in [-0.05, 0) is 37.6 Å². The monoisotopic (exact) mass is 418 g/mol. The number of nitrogens with one attached hydrogen (secondary N) is 1. The lowest BCUT2D eigenvalue weighted by Gasteiger charge is -2.18. The van der Waals surface area contributed by atoms with Gasteiger partial charge in [-0.3, -0.25) is 9.79 Å². The number of thiazole rings is 1. The van der Waals surface area contributed by atoms with Gasteiger partial charge in [0.1, 0.15) is 5.75 Å². The first-order valence-corrected chi connectivity index (χ1v) is 10.4. The lowest BCUT2D eigenvalue weighted by Crippen LogP contribution is -2.25. The summed E-state index contributed by atoms with van der Waals surface area (Å²) in [6.07, 6.45) is 1.82. The van der Waals surface area contributed by atoms with Crippen molar-refractivity contribution in [1.82, 2.24) is 4.68 Å². The number of rotatable bonds is 5. The molecule has 30 heavy (non-hydrogen) atoms. The summed E-state index contributed by atoms with van der Waals surface area (Å²) in [6.45, 7) is 8.51. The molecule has 1 N–H and O–H groups in total. The molecule has 4 rings (SSSR count).